The van der Waals surface area contributed by atoms with Gasteiger partial charge in [0.25, 0.3) is 0 Å². The van der Waals surface area contributed by atoms with Gasteiger partial charge in [0.2, 0.25) is 5.16 Å². The SMILES string of the molecule is CCOC(=O)c1nn(-c2ccc(Cl)cc2)c(C)c1C(=O)CSc1nnnn1-c1ccc(Cl)cc1. The average Bonchev–Trinajstić information content (AvgIpc) is 3.43. The number of thioether (sulfide) groups is 1. The van der Waals surface area contributed by atoms with E-state index in [0.29, 0.717) is 32.3 Å². The molecule has 2 aromatic heterocycles. The standard InChI is InChI=1S/C22H18Cl2N6O3S/c1-3-33-21(32)20-19(13(2)29(26-20)16-8-4-14(23)5-9-16)18(31)12-34-22-25-27-28-30(22)17-10-6-15(24)7-11-17/h4-11H,3,12H2,1-2H3. The molecule has 0 saturated heterocycles. The molecule has 0 fully saturated rings. The molecule has 0 atom stereocenters. The van der Waals surface area contributed by atoms with Crippen LogP contribution in [0, 0.1) is 6.92 Å². The van der Waals surface area contributed by atoms with Crippen LogP contribution < -0.4 is 0 Å². The van der Waals surface area contributed by atoms with Crippen LogP contribution in [0.3, 0.4) is 0 Å². The summed E-state index contributed by atoms with van der Waals surface area (Å²) in [6.45, 7) is 3.57. The molecule has 34 heavy (non-hydrogen) atoms. The Labute approximate surface area is 209 Å². The Kier molecular flexibility index (Phi) is 7.30. The molecule has 0 N–H and O–H groups in total. The van der Waals surface area contributed by atoms with E-state index in [1.165, 1.54) is 9.36 Å². The Morgan fingerprint density at radius 2 is 1.56 bits per heavy atom. The molecule has 12 heteroatoms. The monoisotopic (exact) mass is 516 g/mol. The van der Waals surface area contributed by atoms with E-state index in [2.05, 4.69) is 20.6 Å². The molecule has 2 aromatic carbocycles. The van der Waals surface area contributed by atoms with Crippen molar-refractivity contribution in [2.45, 2.75) is 19.0 Å². The van der Waals surface area contributed by atoms with Crippen molar-refractivity contribution in [1.82, 2.24) is 30.0 Å². The van der Waals surface area contributed by atoms with Crippen LogP contribution in [0.5, 0.6) is 0 Å². The maximum atomic E-state index is 13.3. The van der Waals surface area contributed by atoms with Gasteiger partial charge in [-0.3, -0.25) is 4.79 Å². The van der Waals surface area contributed by atoms with Gasteiger partial charge in [-0.15, -0.1) is 5.10 Å². The van der Waals surface area contributed by atoms with Crippen molar-refractivity contribution in [3.05, 3.63) is 75.5 Å². The van der Waals surface area contributed by atoms with E-state index in [1.54, 1.807) is 62.4 Å². The minimum Gasteiger partial charge on any atom is -0.461 e. The van der Waals surface area contributed by atoms with Gasteiger partial charge in [-0.1, -0.05) is 35.0 Å². The molecule has 4 rings (SSSR count). The van der Waals surface area contributed by atoms with Crippen molar-refractivity contribution in [2.75, 3.05) is 12.4 Å². The van der Waals surface area contributed by atoms with Crippen molar-refractivity contribution in [3.63, 3.8) is 0 Å². The number of benzene rings is 2. The number of nitrogens with zero attached hydrogens (tertiary/aromatic N) is 6. The first-order chi connectivity index (χ1) is 16.4. The zero-order valence-electron chi connectivity index (χ0n) is 18.1. The molecular formula is C22H18Cl2N6O3S. The lowest BCUT2D eigenvalue weighted by Crippen LogP contribution is -2.13. The number of ether oxygens (including phenoxy) is 1. The van der Waals surface area contributed by atoms with Crippen molar-refractivity contribution < 1.29 is 14.3 Å². The molecule has 9 nitrogen and oxygen atoms in total. The summed E-state index contributed by atoms with van der Waals surface area (Å²) >= 11 is 13.1. The number of ketones is 1. The van der Waals surface area contributed by atoms with Crippen LogP contribution in [-0.4, -0.2) is 54.1 Å². The number of Topliss-reactive ketones (excluding diaryl/α,β-unsaturated/α-hetero) is 1. The van der Waals surface area contributed by atoms with E-state index < -0.39 is 5.97 Å². The van der Waals surface area contributed by atoms with Gasteiger partial charge in [-0.05, 0) is 72.8 Å². The number of hydrogen-bond donors (Lipinski definition) is 0. The Morgan fingerprint density at radius 1 is 0.971 bits per heavy atom. The van der Waals surface area contributed by atoms with E-state index in [0.717, 1.165) is 11.8 Å². The Hall–Kier alpha value is -3.21. The summed E-state index contributed by atoms with van der Waals surface area (Å²) < 4.78 is 8.17. The Bertz CT molecular complexity index is 1340. The predicted molar refractivity (Wildman–Crippen MR) is 128 cm³/mol. The molecule has 0 aliphatic carbocycles. The summed E-state index contributed by atoms with van der Waals surface area (Å²) in [5.74, 6) is -0.998. The van der Waals surface area contributed by atoms with E-state index in [1.807, 2.05) is 0 Å². The van der Waals surface area contributed by atoms with Crippen molar-refractivity contribution in [2.24, 2.45) is 0 Å². The maximum absolute atomic E-state index is 13.3. The van der Waals surface area contributed by atoms with Gasteiger partial charge in [-0.2, -0.15) is 9.78 Å². The number of halogens is 2. The number of rotatable bonds is 8. The number of carbonyl (C=O) groups excluding carboxylic acids is 2. The Balaban J connectivity index is 1.63. The molecule has 0 aliphatic rings. The van der Waals surface area contributed by atoms with Crippen molar-refractivity contribution >= 4 is 46.7 Å². The van der Waals surface area contributed by atoms with Crippen LogP contribution in [0.15, 0.2) is 53.7 Å². The van der Waals surface area contributed by atoms with Crippen molar-refractivity contribution in [3.8, 4) is 11.4 Å². The number of hydrogen-bond acceptors (Lipinski definition) is 8. The molecular weight excluding hydrogens is 499 g/mol. The fraction of sp³-hybridized carbons (Fsp3) is 0.182. The van der Waals surface area contributed by atoms with Gasteiger partial charge in [0, 0.05) is 10.0 Å². The zero-order chi connectivity index (χ0) is 24.2. The van der Waals surface area contributed by atoms with Crippen LogP contribution in [0.4, 0.5) is 0 Å². The van der Waals surface area contributed by atoms with Gasteiger partial charge in [-0.25, -0.2) is 9.48 Å². The summed E-state index contributed by atoms with van der Waals surface area (Å²) in [5.41, 5.74) is 2.01. The third-order valence-corrected chi connectivity index (χ3v) is 6.20. The summed E-state index contributed by atoms with van der Waals surface area (Å²) in [6.07, 6.45) is 0. The third-order valence-electron chi connectivity index (χ3n) is 4.78. The average molecular weight is 517 g/mol. The smallest absolute Gasteiger partial charge is 0.359 e. The van der Waals surface area contributed by atoms with Crippen LogP contribution in [0.1, 0.15) is 33.5 Å². The molecule has 0 radical (unpaired) electrons. The van der Waals surface area contributed by atoms with Crippen LogP contribution in [-0.2, 0) is 4.74 Å². The van der Waals surface area contributed by atoms with E-state index in [-0.39, 0.29) is 29.4 Å². The quantitative estimate of drug-likeness (QED) is 0.190. The summed E-state index contributed by atoms with van der Waals surface area (Å²) in [6, 6.07) is 13.9. The molecule has 4 aromatic rings. The fourth-order valence-electron chi connectivity index (χ4n) is 3.23. The highest BCUT2D eigenvalue weighted by Crippen LogP contribution is 2.25. The second kappa shape index (κ2) is 10.4. The largest absolute Gasteiger partial charge is 0.461 e. The van der Waals surface area contributed by atoms with Gasteiger partial charge in [0.1, 0.15) is 0 Å². The van der Waals surface area contributed by atoms with Crippen LogP contribution in [0.25, 0.3) is 11.4 Å². The fourth-order valence-corrected chi connectivity index (χ4v) is 4.24. The first-order valence-electron chi connectivity index (χ1n) is 10.1. The van der Waals surface area contributed by atoms with E-state index in [4.69, 9.17) is 27.9 Å². The molecule has 0 bridgehead atoms. The Morgan fingerprint density at radius 3 is 2.15 bits per heavy atom. The minimum atomic E-state index is -0.669. The lowest BCUT2D eigenvalue weighted by molar-refractivity contribution is 0.0516. The molecule has 0 saturated carbocycles. The molecule has 0 unspecified atom stereocenters. The predicted octanol–water partition coefficient (Wildman–Crippen LogP) is 4.61. The van der Waals surface area contributed by atoms with E-state index >= 15 is 0 Å². The van der Waals surface area contributed by atoms with Gasteiger partial charge in [0.15, 0.2) is 11.5 Å². The second-order valence-corrected chi connectivity index (χ2v) is 8.79. The molecule has 0 spiro atoms. The third kappa shape index (κ3) is 4.98. The number of esters is 1. The minimum absolute atomic E-state index is 0.0203. The normalized spacial score (nSPS) is 10.9. The highest BCUT2D eigenvalue weighted by atomic mass is 35.5. The first-order valence-corrected chi connectivity index (χ1v) is 11.9. The maximum Gasteiger partial charge on any atom is 0.359 e. The van der Waals surface area contributed by atoms with Gasteiger partial charge >= 0.3 is 5.97 Å². The second-order valence-electron chi connectivity index (χ2n) is 6.98. The summed E-state index contributed by atoms with van der Waals surface area (Å²) in [4.78, 5) is 25.9. The number of tetrazole rings is 1. The lowest BCUT2D eigenvalue weighted by atomic mass is 10.1. The number of carbonyl (C=O) groups is 2. The lowest BCUT2D eigenvalue weighted by Gasteiger charge is -2.06. The van der Waals surface area contributed by atoms with Crippen LogP contribution in [0.2, 0.25) is 10.0 Å². The zero-order valence-corrected chi connectivity index (χ0v) is 20.4. The van der Waals surface area contributed by atoms with Gasteiger partial charge in [0.05, 0.1) is 35.0 Å². The molecule has 174 valence electrons. The highest BCUT2D eigenvalue weighted by Gasteiger charge is 2.28. The summed E-state index contributed by atoms with van der Waals surface area (Å²) in [7, 11) is 0. The number of aromatic nitrogens is 6. The van der Waals surface area contributed by atoms with Gasteiger partial charge < -0.3 is 4.74 Å². The highest BCUT2D eigenvalue weighted by molar-refractivity contribution is 7.99. The van der Waals surface area contributed by atoms with E-state index in [9.17, 15) is 9.59 Å². The summed E-state index contributed by atoms with van der Waals surface area (Å²) in [5, 5.41) is 17.6. The van der Waals surface area contributed by atoms with Crippen molar-refractivity contribution in [1.29, 1.82) is 0 Å². The topological polar surface area (TPSA) is 105 Å². The molecule has 0 amide bonds. The molecule has 0 aliphatic heterocycles. The molecule has 2 heterocycles. The van der Waals surface area contributed by atoms with Crippen LogP contribution >= 0.6 is 35.0 Å². The first kappa shape index (κ1) is 23.9.